The fraction of sp³-hybridized carbons (Fsp3) is 0.778. The molecule has 1 rings (SSSR count). The molecule has 1 amide bonds. The van der Waals surface area contributed by atoms with Crippen molar-refractivity contribution in [3.05, 3.63) is 6.42 Å². The van der Waals surface area contributed by atoms with Crippen molar-refractivity contribution in [1.29, 1.82) is 0 Å². The Morgan fingerprint density at radius 2 is 2.27 bits per heavy atom. The molecule has 1 saturated heterocycles. The summed E-state index contributed by atoms with van der Waals surface area (Å²) in [4.78, 5) is 13.0. The Morgan fingerprint density at radius 1 is 1.60 bits per heavy atom. The summed E-state index contributed by atoms with van der Waals surface area (Å²) >= 11 is 0. The van der Waals surface area contributed by atoms with Crippen LogP contribution in [0.2, 0.25) is 0 Å². The van der Waals surface area contributed by atoms with Gasteiger partial charge in [0, 0.05) is 12.8 Å². The third-order valence-electron chi connectivity index (χ3n) is 2.53. The fourth-order valence-electron chi connectivity index (χ4n) is 1.68. The van der Waals surface area contributed by atoms with Gasteiger partial charge in [0.1, 0.15) is 9.84 Å². The van der Waals surface area contributed by atoms with Crippen molar-refractivity contribution < 1.29 is 13.2 Å². The Balaban J connectivity index is 2.54. The predicted molar refractivity (Wildman–Crippen MR) is 57.8 cm³/mol. The molecule has 2 N–H and O–H groups in total. The van der Waals surface area contributed by atoms with Crippen molar-refractivity contribution in [3.63, 3.8) is 0 Å². The first-order valence-corrected chi connectivity index (χ1v) is 6.99. The van der Waals surface area contributed by atoms with Crippen LogP contribution in [0.4, 0.5) is 0 Å². The maximum absolute atomic E-state index is 11.1. The predicted octanol–water partition coefficient (Wildman–Crippen LogP) is -0.815. The molecule has 0 aliphatic carbocycles. The van der Waals surface area contributed by atoms with Gasteiger partial charge in [-0.1, -0.05) is 0 Å². The van der Waals surface area contributed by atoms with Crippen LogP contribution in [0.25, 0.3) is 0 Å². The van der Waals surface area contributed by atoms with Crippen molar-refractivity contribution in [1.82, 2.24) is 4.90 Å². The van der Waals surface area contributed by atoms with Crippen LogP contribution >= 0.6 is 0 Å². The number of sulfone groups is 1. The SMILES string of the molecule is CS(=O)(=O)CCN1CC[CH]CC1C(N)=O. The van der Waals surface area contributed by atoms with Crippen LogP contribution < -0.4 is 5.73 Å². The molecule has 0 spiro atoms. The van der Waals surface area contributed by atoms with Crippen LogP contribution in [0, 0.1) is 6.42 Å². The van der Waals surface area contributed by atoms with Gasteiger partial charge in [-0.25, -0.2) is 8.42 Å². The second kappa shape index (κ2) is 4.94. The summed E-state index contributed by atoms with van der Waals surface area (Å²) in [6.07, 6.45) is 4.72. The second-order valence-corrected chi connectivity index (χ2v) is 6.16. The van der Waals surface area contributed by atoms with E-state index in [2.05, 4.69) is 0 Å². The maximum Gasteiger partial charge on any atom is 0.234 e. The largest absolute Gasteiger partial charge is 0.368 e. The molecule has 0 aromatic heterocycles. The van der Waals surface area contributed by atoms with E-state index in [0.717, 1.165) is 6.42 Å². The van der Waals surface area contributed by atoms with E-state index in [1.807, 2.05) is 11.3 Å². The third-order valence-corrected chi connectivity index (χ3v) is 3.45. The van der Waals surface area contributed by atoms with Gasteiger partial charge in [0.05, 0.1) is 11.8 Å². The van der Waals surface area contributed by atoms with Gasteiger partial charge in [0.15, 0.2) is 0 Å². The van der Waals surface area contributed by atoms with Crippen LogP contribution in [0.3, 0.4) is 0 Å². The van der Waals surface area contributed by atoms with Crippen LogP contribution in [0.1, 0.15) is 12.8 Å². The first-order chi connectivity index (χ1) is 6.90. The first-order valence-electron chi connectivity index (χ1n) is 4.93. The van der Waals surface area contributed by atoms with E-state index >= 15 is 0 Å². The van der Waals surface area contributed by atoms with E-state index in [1.54, 1.807) is 0 Å². The van der Waals surface area contributed by atoms with Crippen molar-refractivity contribution in [2.24, 2.45) is 5.73 Å². The molecule has 5 nitrogen and oxygen atoms in total. The number of likely N-dealkylation sites (tertiary alicyclic amines) is 1. The Morgan fingerprint density at radius 3 is 2.80 bits per heavy atom. The zero-order valence-electron chi connectivity index (χ0n) is 8.85. The number of carbonyl (C=O) groups is 1. The molecule has 1 atom stereocenters. The number of carbonyl (C=O) groups excluding carboxylic acids is 1. The molecular formula is C9H17N2O3S. The highest BCUT2D eigenvalue weighted by molar-refractivity contribution is 7.90. The number of piperidine rings is 1. The lowest BCUT2D eigenvalue weighted by Gasteiger charge is -2.33. The van der Waals surface area contributed by atoms with Crippen molar-refractivity contribution >= 4 is 15.7 Å². The number of amides is 1. The zero-order chi connectivity index (χ0) is 11.5. The van der Waals surface area contributed by atoms with E-state index < -0.39 is 9.84 Å². The number of nitrogens with zero attached hydrogens (tertiary/aromatic N) is 1. The number of nitrogens with two attached hydrogens (primary N) is 1. The summed E-state index contributed by atoms with van der Waals surface area (Å²) in [5.41, 5.74) is 5.25. The van der Waals surface area contributed by atoms with Crippen LogP contribution in [0.15, 0.2) is 0 Å². The number of rotatable bonds is 4. The first kappa shape index (κ1) is 12.4. The van der Waals surface area contributed by atoms with E-state index in [1.165, 1.54) is 6.26 Å². The molecule has 1 aliphatic rings. The van der Waals surface area contributed by atoms with Gasteiger partial charge in [-0.05, 0) is 25.8 Å². The summed E-state index contributed by atoms with van der Waals surface area (Å²) in [5.74, 6) is -0.295. The lowest BCUT2D eigenvalue weighted by atomic mass is 10.0. The van der Waals surface area contributed by atoms with Crippen molar-refractivity contribution in [3.8, 4) is 0 Å². The van der Waals surface area contributed by atoms with Gasteiger partial charge < -0.3 is 5.73 Å². The average Bonchev–Trinajstić information content (AvgIpc) is 2.14. The molecule has 1 unspecified atom stereocenters. The molecule has 15 heavy (non-hydrogen) atoms. The quantitative estimate of drug-likeness (QED) is 0.688. The third kappa shape index (κ3) is 4.17. The molecule has 1 heterocycles. The van der Waals surface area contributed by atoms with Gasteiger partial charge in [0.25, 0.3) is 0 Å². The van der Waals surface area contributed by atoms with E-state index in [4.69, 9.17) is 5.73 Å². The number of hydrogen-bond donors (Lipinski definition) is 1. The Bertz CT molecular complexity index is 326. The lowest BCUT2D eigenvalue weighted by molar-refractivity contribution is -0.123. The standard InChI is InChI=1S/C9H17N2O3S/c1-15(13,14)7-6-11-5-3-2-4-8(11)9(10)12/h2,8H,3-7H2,1H3,(H2,10,12). The molecule has 1 fully saturated rings. The van der Waals surface area contributed by atoms with Crippen LogP contribution in [-0.4, -0.2) is 50.4 Å². The molecule has 0 aromatic rings. The minimum atomic E-state index is -2.98. The Labute approximate surface area is 90.5 Å². The molecule has 1 radical (unpaired) electrons. The zero-order valence-corrected chi connectivity index (χ0v) is 9.66. The highest BCUT2D eigenvalue weighted by Crippen LogP contribution is 2.15. The van der Waals surface area contributed by atoms with Gasteiger partial charge in [-0.2, -0.15) is 0 Å². The van der Waals surface area contributed by atoms with Gasteiger partial charge in [0.2, 0.25) is 5.91 Å². The smallest absolute Gasteiger partial charge is 0.234 e. The second-order valence-electron chi connectivity index (χ2n) is 3.90. The molecule has 0 aromatic carbocycles. The summed E-state index contributed by atoms with van der Waals surface area (Å²) in [5, 5.41) is 0. The molecular weight excluding hydrogens is 216 g/mol. The molecule has 6 heteroatoms. The Hall–Kier alpha value is -0.620. The van der Waals surface area contributed by atoms with E-state index in [9.17, 15) is 13.2 Å². The summed E-state index contributed by atoms with van der Waals surface area (Å²) in [7, 11) is -2.98. The minimum Gasteiger partial charge on any atom is -0.368 e. The van der Waals surface area contributed by atoms with Gasteiger partial charge in [-0.3, -0.25) is 9.69 Å². The van der Waals surface area contributed by atoms with Crippen LogP contribution in [-0.2, 0) is 14.6 Å². The Kier molecular flexibility index (Phi) is 4.10. The molecule has 0 saturated carbocycles. The minimum absolute atomic E-state index is 0.0801. The van der Waals surface area contributed by atoms with Crippen molar-refractivity contribution in [2.75, 3.05) is 25.1 Å². The highest BCUT2D eigenvalue weighted by Gasteiger charge is 2.27. The highest BCUT2D eigenvalue weighted by atomic mass is 32.2. The van der Waals surface area contributed by atoms with Crippen molar-refractivity contribution in [2.45, 2.75) is 18.9 Å². The summed E-state index contributed by atoms with van der Waals surface area (Å²) < 4.78 is 22.0. The summed E-state index contributed by atoms with van der Waals surface area (Å²) in [6.45, 7) is 1.10. The molecule has 1 aliphatic heterocycles. The van der Waals surface area contributed by atoms with E-state index in [-0.39, 0.29) is 17.7 Å². The van der Waals surface area contributed by atoms with Gasteiger partial charge >= 0.3 is 0 Å². The normalized spacial score (nSPS) is 23.9. The molecule has 0 bridgehead atoms. The average molecular weight is 233 g/mol. The van der Waals surface area contributed by atoms with Gasteiger partial charge in [-0.15, -0.1) is 0 Å². The topological polar surface area (TPSA) is 80.5 Å². The number of hydrogen-bond acceptors (Lipinski definition) is 4. The monoisotopic (exact) mass is 233 g/mol. The number of primary amides is 1. The van der Waals surface area contributed by atoms with E-state index in [0.29, 0.717) is 19.5 Å². The maximum atomic E-state index is 11.1. The summed E-state index contributed by atoms with van der Waals surface area (Å²) in [6, 6.07) is -0.333. The molecule has 87 valence electrons. The fourth-order valence-corrected chi connectivity index (χ4v) is 2.25. The lowest BCUT2D eigenvalue weighted by Crippen LogP contribution is -2.49. The van der Waals surface area contributed by atoms with Crippen LogP contribution in [0.5, 0.6) is 0 Å².